The molecule has 0 aromatic carbocycles. The molecular formula is C14H16ClN3S. The van der Waals surface area contributed by atoms with E-state index in [2.05, 4.69) is 22.2 Å². The number of halogens is 1. The number of hydrogen-bond donors (Lipinski definition) is 1. The molecule has 3 nitrogen and oxygen atoms in total. The first-order valence-corrected chi connectivity index (χ1v) is 8.14. The van der Waals surface area contributed by atoms with Crippen LogP contribution in [0.1, 0.15) is 36.6 Å². The van der Waals surface area contributed by atoms with E-state index in [1.165, 1.54) is 41.5 Å². The Morgan fingerprint density at radius 3 is 2.89 bits per heavy atom. The number of thiophene rings is 1. The van der Waals surface area contributed by atoms with Gasteiger partial charge in [-0.25, -0.2) is 9.97 Å². The Morgan fingerprint density at radius 1 is 1.26 bits per heavy atom. The van der Waals surface area contributed by atoms with Gasteiger partial charge in [0.15, 0.2) is 0 Å². The first kappa shape index (κ1) is 11.9. The Labute approximate surface area is 121 Å². The Bertz CT molecular complexity index is 648. The second kappa shape index (κ2) is 4.32. The minimum absolute atomic E-state index is 0.363. The van der Waals surface area contributed by atoms with E-state index in [9.17, 15) is 0 Å². The summed E-state index contributed by atoms with van der Waals surface area (Å²) in [6.45, 7) is 2.33. The number of anilines is 1. The number of nitrogens with one attached hydrogen (secondary N) is 1. The molecular weight excluding hydrogens is 278 g/mol. The average molecular weight is 294 g/mol. The molecule has 1 atom stereocenters. The quantitative estimate of drug-likeness (QED) is 0.849. The maximum absolute atomic E-state index is 6.06. The summed E-state index contributed by atoms with van der Waals surface area (Å²) < 4.78 is 0. The fourth-order valence-corrected chi connectivity index (χ4v) is 4.44. The number of fused-ring (bicyclic) bond motifs is 3. The van der Waals surface area contributed by atoms with Gasteiger partial charge >= 0.3 is 0 Å². The van der Waals surface area contributed by atoms with Gasteiger partial charge in [0.05, 0.1) is 5.39 Å². The Kier molecular flexibility index (Phi) is 2.71. The fraction of sp³-hybridized carbons (Fsp3) is 0.571. The highest BCUT2D eigenvalue weighted by Gasteiger charge is 2.27. The lowest BCUT2D eigenvalue weighted by Crippen LogP contribution is -2.10. The lowest BCUT2D eigenvalue weighted by atomic mass is 9.89. The largest absolute Gasteiger partial charge is 0.367 e. The molecule has 1 saturated carbocycles. The van der Waals surface area contributed by atoms with Crippen molar-refractivity contribution in [1.29, 1.82) is 0 Å². The topological polar surface area (TPSA) is 37.8 Å². The van der Waals surface area contributed by atoms with Crippen LogP contribution in [0.15, 0.2) is 0 Å². The van der Waals surface area contributed by atoms with Crippen LogP contribution in [0.2, 0.25) is 5.28 Å². The van der Waals surface area contributed by atoms with E-state index < -0.39 is 0 Å². The number of rotatable bonds is 2. The van der Waals surface area contributed by atoms with Crippen LogP contribution in [0, 0.1) is 5.92 Å². The molecule has 4 rings (SSSR count). The Morgan fingerprint density at radius 2 is 2.11 bits per heavy atom. The predicted octanol–water partition coefficient (Wildman–Crippen LogP) is 4.04. The normalized spacial score (nSPS) is 22.5. The molecule has 0 bridgehead atoms. The Balaban J connectivity index is 1.89. The molecule has 2 aromatic heterocycles. The van der Waals surface area contributed by atoms with Crippen molar-refractivity contribution in [3.8, 4) is 0 Å². The van der Waals surface area contributed by atoms with Crippen LogP contribution in [0.3, 0.4) is 0 Å². The molecule has 0 radical (unpaired) electrons. The van der Waals surface area contributed by atoms with Crippen molar-refractivity contribution >= 4 is 39.0 Å². The molecule has 0 aliphatic heterocycles. The monoisotopic (exact) mass is 293 g/mol. The number of aryl methyl sites for hydroxylation is 1. The molecule has 2 aliphatic rings. The van der Waals surface area contributed by atoms with Crippen LogP contribution in [0.25, 0.3) is 10.2 Å². The van der Waals surface area contributed by atoms with Gasteiger partial charge in [0.25, 0.3) is 0 Å². The van der Waals surface area contributed by atoms with Crippen LogP contribution in [-0.2, 0) is 12.8 Å². The van der Waals surface area contributed by atoms with Crippen molar-refractivity contribution in [3.63, 3.8) is 0 Å². The zero-order valence-corrected chi connectivity index (χ0v) is 12.4. The molecule has 1 N–H and O–H groups in total. The SMILES string of the molecule is CC1CCc2c(sc3nc(Cl)nc(NC4CC4)c23)C1. The molecule has 5 heteroatoms. The van der Waals surface area contributed by atoms with Gasteiger partial charge in [-0.2, -0.15) is 0 Å². The summed E-state index contributed by atoms with van der Waals surface area (Å²) in [7, 11) is 0. The first-order chi connectivity index (χ1) is 9.20. The van der Waals surface area contributed by atoms with Crippen molar-refractivity contribution in [3.05, 3.63) is 15.7 Å². The lowest BCUT2D eigenvalue weighted by Gasteiger charge is -2.18. The second-order valence-corrected chi connectivity index (χ2v) is 7.21. The molecule has 2 aromatic rings. The van der Waals surface area contributed by atoms with Gasteiger partial charge in [0.1, 0.15) is 10.6 Å². The van der Waals surface area contributed by atoms with Crippen molar-refractivity contribution in [1.82, 2.24) is 9.97 Å². The summed E-state index contributed by atoms with van der Waals surface area (Å²) in [5.74, 6) is 1.74. The molecule has 0 saturated heterocycles. The van der Waals surface area contributed by atoms with E-state index in [4.69, 9.17) is 11.6 Å². The molecule has 19 heavy (non-hydrogen) atoms. The van der Waals surface area contributed by atoms with Crippen molar-refractivity contribution in [2.24, 2.45) is 5.92 Å². The zero-order valence-electron chi connectivity index (χ0n) is 10.9. The van der Waals surface area contributed by atoms with E-state index in [1.54, 1.807) is 11.3 Å². The second-order valence-electron chi connectivity index (χ2n) is 5.79. The van der Waals surface area contributed by atoms with Gasteiger partial charge < -0.3 is 5.32 Å². The van der Waals surface area contributed by atoms with E-state index >= 15 is 0 Å². The minimum atomic E-state index is 0.363. The van der Waals surface area contributed by atoms with Gasteiger partial charge in [-0.3, -0.25) is 0 Å². The third-order valence-corrected chi connectivity index (χ3v) is 5.36. The van der Waals surface area contributed by atoms with Crippen LogP contribution in [0.5, 0.6) is 0 Å². The molecule has 1 fully saturated rings. The van der Waals surface area contributed by atoms with E-state index in [0.717, 1.165) is 23.0 Å². The summed E-state index contributed by atoms with van der Waals surface area (Å²) in [6, 6.07) is 0.590. The van der Waals surface area contributed by atoms with E-state index in [-0.39, 0.29) is 0 Å². The third kappa shape index (κ3) is 2.11. The maximum Gasteiger partial charge on any atom is 0.225 e. The van der Waals surface area contributed by atoms with Gasteiger partial charge in [0, 0.05) is 10.9 Å². The van der Waals surface area contributed by atoms with Crippen LogP contribution in [-0.4, -0.2) is 16.0 Å². The highest BCUT2D eigenvalue weighted by molar-refractivity contribution is 7.19. The molecule has 2 aliphatic carbocycles. The smallest absolute Gasteiger partial charge is 0.225 e. The van der Waals surface area contributed by atoms with E-state index in [1.807, 2.05) is 0 Å². The molecule has 100 valence electrons. The number of nitrogens with zero attached hydrogens (tertiary/aromatic N) is 2. The summed E-state index contributed by atoms with van der Waals surface area (Å²) in [4.78, 5) is 11.4. The predicted molar refractivity (Wildman–Crippen MR) is 80.3 cm³/mol. The average Bonchev–Trinajstić information content (AvgIpc) is 3.08. The summed E-state index contributed by atoms with van der Waals surface area (Å²) >= 11 is 7.87. The highest BCUT2D eigenvalue weighted by Crippen LogP contribution is 2.41. The molecule has 0 amide bonds. The standard InChI is InChI=1S/C14H16ClN3S/c1-7-2-5-9-10(6-7)19-13-11(9)12(16-8-3-4-8)17-14(15)18-13/h7-8H,2-6H2,1H3,(H,16,17,18). The van der Waals surface area contributed by atoms with Gasteiger partial charge in [-0.15, -0.1) is 11.3 Å². The maximum atomic E-state index is 6.06. The van der Waals surface area contributed by atoms with Gasteiger partial charge in [-0.05, 0) is 55.2 Å². The highest BCUT2D eigenvalue weighted by atomic mass is 35.5. The van der Waals surface area contributed by atoms with Crippen molar-refractivity contribution in [2.45, 2.75) is 45.1 Å². The fourth-order valence-electron chi connectivity index (χ4n) is 2.84. The summed E-state index contributed by atoms with van der Waals surface area (Å²) in [5, 5.41) is 5.12. The van der Waals surface area contributed by atoms with Gasteiger partial charge in [-0.1, -0.05) is 6.92 Å². The zero-order chi connectivity index (χ0) is 13.0. The minimum Gasteiger partial charge on any atom is -0.367 e. The Hall–Kier alpha value is -0.870. The third-order valence-electron chi connectivity index (χ3n) is 4.05. The molecule has 2 heterocycles. The molecule has 0 spiro atoms. The van der Waals surface area contributed by atoms with Crippen molar-refractivity contribution in [2.75, 3.05) is 5.32 Å². The lowest BCUT2D eigenvalue weighted by molar-refractivity contribution is 0.509. The molecule has 1 unspecified atom stereocenters. The van der Waals surface area contributed by atoms with E-state index in [0.29, 0.717) is 11.3 Å². The summed E-state index contributed by atoms with van der Waals surface area (Å²) in [6.07, 6.45) is 6.08. The van der Waals surface area contributed by atoms with Gasteiger partial charge in [0.2, 0.25) is 5.28 Å². The van der Waals surface area contributed by atoms with Crippen LogP contribution < -0.4 is 5.32 Å². The first-order valence-electron chi connectivity index (χ1n) is 6.95. The number of aromatic nitrogens is 2. The van der Waals surface area contributed by atoms with Crippen LogP contribution >= 0.6 is 22.9 Å². The summed E-state index contributed by atoms with van der Waals surface area (Å²) in [5.41, 5.74) is 1.47. The van der Waals surface area contributed by atoms with Crippen LogP contribution in [0.4, 0.5) is 5.82 Å². The number of hydrogen-bond acceptors (Lipinski definition) is 4. The van der Waals surface area contributed by atoms with Crippen molar-refractivity contribution < 1.29 is 0 Å².